The fourth-order valence-corrected chi connectivity index (χ4v) is 1.88. The lowest BCUT2D eigenvalue weighted by atomic mass is 10.2. The highest BCUT2D eigenvalue weighted by Gasteiger charge is 2.10. The normalized spacial score (nSPS) is 10.2. The Hall–Kier alpha value is -3.29. The number of tetrazole rings is 1. The maximum Gasteiger partial charge on any atom is 0.274 e. The van der Waals surface area contributed by atoms with Gasteiger partial charge in [0.1, 0.15) is 11.4 Å². The third kappa shape index (κ3) is 2.90. The zero-order valence-corrected chi connectivity index (χ0v) is 11.6. The van der Waals surface area contributed by atoms with E-state index < -0.39 is 0 Å². The first-order valence-electron chi connectivity index (χ1n) is 6.41. The van der Waals surface area contributed by atoms with Crippen molar-refractivity contribution >= 4 is 11.6 Å². The summed E-state index contributed by atoms with van der Waals surface area (Å²) in [6.45, 7) is 0. The van der Waals surface area contributed by atoms with E-state index in [0.717, 1.165) is 5.56 Å². The van der Waals surface area contributed by atoms with E-state index >= 15 is 0 Å². The molecular weight excluding hydrogens is 284 g/mol. The van der Waals surface area contributed by atoms with E-state index in [1.54, 1.807) is 30.3 Å². The Balaban J connectivity index is 1.80. The number of rotatable bonds is 4. The van der Waals surface area contributed by atoms with Gasteiger partial charge in [0.25, 0.3) is 5.91 Å². The van der Waals surface area contributed by atoms with Crippen molar-refractivity contribution in [1.29, 1.82) is 0 Å². The summed E-state index contributed by atoms with van der Waals surface area (Å²) in [5.41, 5.74) is 1.62. The van der Waals surface area contributed by atoms with Gasteiger partial charge in [-0.25, -0.2) is 0 Å². The topological polar surface area (TPSA) is 106 Å². The number of methoxy groups -OCH3 is 1. The smallest absolute Gasteiger partial charge is 0.274 e. The Morgan fingerprint density at radius 1 is 1.27 bits per heavy atom. The van der Waals surface area contributed by atoms with E-state index in [1.807, 2.05) is 6.07 Å². The van der Waals surface area contributed by atoms with Crippen LogP contribution in [0.2, 0.25) is 0 Å². The number of anilines is 1. The molecule has 0 atom stereocenters. The van der Waals surface area contributed by atoms with Crippen molar-refractivity contribution in [3.05, 3.63) is 48.3 Å². The molecule has 1 amide bonds. The third-order valence-electron chi connectivity index (χ3n) is 2.92. The molecule has 22 heavy (non-hydrogen) atoms. The first-order valence-corrected chi connectivity index (χ1v) is 6.41. The molecule has 2 heterocycles. The molecule has 0 saturated carbocycles. The quantitative estimate of drug-likeness (QED) is 0.756. The van der Waals surface area contributed by atoms with Crippen molar-refractivity contribution in [3.63, 3.8) is 0 Å². The highest BCUT2D eigenvalue weighted by Crippen LogP contribution is 2.19. The fraction of sp³-hybridized carbons (Fsp3) is 0.0714. The van der Waals surface area contributed by atoms with Gasteiger partial charge in [0.2, 0.25) is 5.82 Å². The summed E-state index contributed by atoms with van der Waals surface area (Å²) in [7, 11) is 1.53. The molecular formula is C14H12N6O2. The van der Waals surface area contributed by atoms with Crippen molar-refractivity contribution < 1.29 is 9.53 Å². The molecule has 0 bridgehead atoms. The van der Waals surface area contributed by atoms with Crippen molar-refractivity contribution in [1.82, 2.24) is 25.6 Å². The minimum atomic E-state index is -0.329. The molecule has 0 aliphatic carbocycles. The number of aromatic nitrogens is 5. The van der Waals surface area contributed by atoms with Gasteiger partial charge >= 0.3 is 0 Å². The van der Waals surface area contributed by atoms with Gasteiger partial charge in [-0.15, -0.1) is 10.2 Å². The van der Waals surface area contributed by atoms with Gasteiger partial charge in [0.15, 0.2) is 0 Å². The van der Waals surface area contributed by atoms with E-state index in [1.165, 1.54) is 13.3 Å². The Morgan fingerprint density at radius 3 is 2.95 bits per heavy atom. The molecule has 8 heteroatoms. The molecule has 110 valence electrons. The molecule has 1 aromatic carbocycles. The fourth-order valence-electron chi connectivity index (χ4n) is 1.88. The van der Waals surface area contributed by atoms with Gasteiger partial charge < -0.3 is 10.1 Å². The Bertz CT molecular complexity index is 788. The van der Waals surface area contributed by atoms with Crippen LogP contribution in [0.5, 0.6) is 5.75 Å². The van der Waals surface area contributed by atoms with Gasteiger partial charge in [-0.3, -0.25) is 9.78 Å². The molecule has 0 spiro atoms. The summed E-state index contributed by atoms with van der Waals surface area (Å²) in [5.74, 6) is 0.695. The lowest BCUT2D eigenvalue weighted by Crippen LogP contribution is -2.13. The molecule has 3 aromatic rings. The van der Waals surface area contributed by atoms with Crippen LogP contribution >= 0.6 is 0 Å². The number of nitrogens with zero attached hydrogens (tertiary/aromatic N) is 4. The lowest BCUT2D eigenvalue weighted by molar-refractivity contribution is 0.102. The van der Waals surface area contributed by atoms with Crippen molar-refractivity contribution in [2.24, 2.45) is 0 Å². The number of carbonyl (C=O) groups excluding carboxylic acids is 1. The van der Waals surface area contributed by atoms with E-state index in [4.69, 9.17) is 4.74 Å². The van der Waals surface area contributed by atoms with Gasteiger partial charge in [-0.1, -0.05) is 12.1 Å². The molecule has 0 fully saturated rings. The summed E-state index contributed by atoms with van der Waals surface area (Å²) in [6, 6.07) is 10.4. The van der Waals surface area contributed by atoms with E-state index in [0.29, 0.717) is 17.3 Å². The van der Waals surface area contributed by atoms with Crippen molar-refractivity contribution in [3.8, 4) is 17.1 Å². The number of benzene rings is 1. The number of nitrogens with one attached hydrogen (secondary N) is 2. The van der Waals surface area contributed by atoms with Crippen LogP contribution in [0, 0.1) is 0 Å². The van der Waals surface area contributed by atoms with Crippen LogP contribution in [0.3, 0.4) is 0 Å². The Kier molecular flexibility index (Phi) is 3.73. The van der Waals surface area contributed by atoms with Gasteiger partial charge in [0, 0.05) is 23.5 Å². The van der Waals surface area contributed by atoms with Crippen LogP contribution in [-0.2, 0) is 0 Å². The van der Waals surface area contributed by atoms with Crippen LogP contribution in [0.1, 0.15) is 10.5 Å². The molecule has 0 aliphatic heterocycles. The molecule has 3 rings (SSSR count). The van der Waals surface area contributed by atoms with E-state index in [-0.39, 0.29) is 11.6 Å². The maximum atomic E-state index is 12.2. The van der Waals surface area contributed by atoms with Gasteiger partial charge in [0.05, 0.1) is 7.11 Å². The SMILES string of the molecule is COc1ccnc(C(=O)Nc2cccc(-c3nn[nH]n3)c2)c1. The lowest BCUT2D eigenvalue weighted by Gasteiger charge is -2.06. The van der Waals surface area contributed by atoms with Crippen LogP contribution < -0.4 is 10.1 Å². The molecule has 8 nitrogen and oxygen atoms in total. The molecule has 0 unspecified atom stereocenters. The average molecular weight is 296 g/mol. The van der Waals surface area contributed by atoms with E-state index in [9.17, 15) is 4.79 Å². The minimum absolute atomic E-state index is 0.268. The number of H-pyrrole nitrogens is 1. The zero-order chi connectivity index (χ0) is 15.4. The molecule has 2 N–H and O–H groups in total. The maximum absolute atomic E-state index is 12.2. The van der Waals surface area contributed by atoms with Crippen molar-refractivity contribution in [2.45, 2.75) is 0 Å². The number of aromatic amines is 1. The second kappa shape index (κ2) is 6.00. The largest absolute Gasteiger partial charge is 0.497 e. The third-order valence-corrected chi connectivity index (χ3v) is 2.92. The summed E-state index contributed by atoms with van der Waals surface area (Å²) in [6.07, 6.45) is 1.52. The first-order chi connectivity index (χ1) is 10.8. The highest BCUT2D eigenvalue weighted by atomic mass is 16.5. The predicted molar refractivity (Wildman–Crippen MR) is 78.4 cm³/mol. The monoisotopic (exact) mass is 296 g/mol. The van der Waals surface area contributed by atoms with Crippen LogP contribution in [0.4, 0.5) is 5.69 Å². The molecule has 0 radical (unpaired) electrons. The molecule has 0 aliphatic rings. The number of pyridine rings is 1. The molecule has 0 saturated heterocycles. The first kappa shape index (κ1) is 13.7. The Labute approximate surface area is 125 Å². The van der Waals surface area contributed by atoms with Crippen LogP contribution in [0.25, 0.3) is 11.4 Å². The second-order valence-electron chi connectivity index (χ2n) is 4.35. The number of hydrogen-bond donors (Lipinski definition) is 2. The summed E-state index contributed by atoms with van der Waals surface area (Å²) in [5, 5.41) is 16.5. The average Bonchev–Trinajstić information content (AvgIpc) is 3.10. The van der Waals surface area contributed by atoms with Crippen LogP contribution in [0.15, 0.2) is 42.6 Å². The van der Waals surface area contributed by atoms with E-state index in [2.05, 4.69) is 30.9 Å². The number of hydrogen-bond acceptors (Lipinski definition) is 6. The number of ether oxygens (including phenoxy) is 1. The predicted octanol–water partition coefficient (Wildman–Crippen LogP) is 1.52. The Morgan fingerprint density at radius 2 is 2.18 bits per heavy atom. The summed E-state index contributed by atoms with van der Waals surface area (Å²) >= 11 is 0. The summed E-state index contributed by atoms with van der Waals surface area (Å²) < 4.78 is 5.08. The number of carbonyl (C=O) groups is 1. The van der Waals surface area contributed by atoms with Gasteiger partial charge in [-0.2, -0.15) is 5.21 Å². The number of amides is 1. The molecule has 2 aromatic heterocycles. The zero-order valence-electron chi connectivity index (χ0n) is 11.6. The standard InChI is InChI=1S/C14H12N6O2/c1-22-11-5-6-15-12(8-11)14(21)16-10-4-2-3-9(7-10)13-17-19-20-18-13/h2-8H,1H3,(H,16,21)(H,17,18,19,20). The summed E-state index contributed by atoms with van der Waals surface area (Å²) in [4.78, 5) is 16.2. The minimum Gasteiger partial charge on any atom is -0.497 e. The van der Waals surface area contributed by atoms with Crippen molar-refractivity contribution in [2.75, 3.05) is 12.4 Å². The second-order valence-corrected chi connectivity index (χ2v) is 4.35. The van der Waals surface area contributed by atoms with Crippen LogP contribution in [-0.4, -0.2) is 38.6 Å². The van der Waals surface area contributed by atoms with Gasteiger partial charge in [-0.05, 0) is 23.4 Å². The highest BCUT2D eigenvalue weighted by molar-refractivity contribution is 6.03.